The molecule has 1 fully saturated rings. The van der Waals surface area contributed by atoms with E-state index in [2.05, 4.69) is 4.72 Å². The smallest absolute Gasteiger partial charge is 0.242 e. The van der Waals surface area contributed by atoms with E-state index in [0.717, 1.165) is 19.3 Å². The maximum atomic E-state index is 12.6. The van der Waals surface area contributed by atoms with E-state index in [9.17, 15) is 13.5 Å². The lowest BCUT2D eigenvalue weighted by Crippen LogP contribution is -2.52. The zero-order valence-corrected chi connectivity index (χ0v) is 13.0. The van der Waals surface area contributed by atoms with Gasteiger partial charge < -0.3 is 5.11 Å². The van der Waals surface area contributed by atoms with E-state index in [-0.39, 0.29) is 22.1 Å². The van der Waals surface area contributed by atoms with Gasteiger partial charge in [0.1, 0.15) is 11.0 Å². The summed E-state index contributed by atoms with van der Waals surface area (Å²) in [6.45, 7) is -0.255. The van der Waals surface area contributed by atoms with Crippen LogP contribution in [0.4, 0.5) is 0 Å². The highest BCUT2D eigenvalue weighted by Crippen LogP contribution is 2.30. The van der Waals surface area contributed by atoms with Crippen molar-refractivity contribution in [3.63, 3.8) is 0 Å². The Labute approximate surface area is 129 Å². The number of hydrogen-bond acceptors (Lipinski definition) is 4. The summed E-state index contributed by atoms with van der Waals surface area (Å²) in [5, 5.41) is 18.9. The Balaban J connectivity index is 2.38. The minimum Gasteiger partial charge on any atom is -0.394 e. The molecule has 0 radical (unpaired) electrons. The summed E-state index contributed by atoms with van der Waals surface area (Å²) in [4.78, 5) is -0.143. The Kier molecular flexibility index (Phi) is 4.89. The number of nitriles is 1. The fourth-order valence-corrected chi connectivity index (χ4v) is 4.54. The molecule has 1 saturated carbocycles. The molecule has 0 heterocycles. The van der Waals surface area contributed by atoms with Gasteiger partial charge in [-0.3, -0.25) is 0 Å². The third-order valence-electron chi connectivity index (χ3n) is 3.82. The van der Waals surface area contributed by atoms with Gasteiger partial charge in [-0.2, -0.15) is 5.26 Å². The SMILES string of the molecule is N#Cc1ccc(Cl)cc1S(=O)(=O)NC1(CO)CCCCC1. The van der Waals surface area contributed by atoms with Crippen molar-refractivity contribution in [2.75, 3.05) is 6.61 Å². The van der Waals surface area contributed by atoms with Crippen LogP contribution in [0.15, 0.2) is 23.1 Å². The highest BCUT2D eigenvalue weighted by molar-refractivity contribution is 7.89. The monoisotopic (exact) mass is 328 g/mol. The second-order valence-electron chi connectivity index (χ2n) is 5.36. The first kappa shape index (κ1) is 16.2. The highest BCUT2D eigenvalue weighted by atomic mass is 35.5. The molecule has 0 saturated heterocycles. The Morgan fingerprint density at radius 1 is 1.33 bits per heavy atom. The molecule has 2 rings (SSSR count). The van der Waals surface area contributed by atoms with Crippen LogP contribution in [0.5, 0.6) is 0 Å². The van der Waals surface area contributed by atoms with Crippen molar-refractivity contribution in [2.24, 2.45) is 0 Å². The van der Waals surface area contributed by atoms with E-state index in [1.807, 2.05) is 6.07 Å². The molecule has 0 atom stereocenters. The molecule has 0 aliphatic heterocycles. The van der Waals surface area contributed by atoms with Crippen LogP contribution in [-0.2, 0) is 10.0 Å². The molecule has 0 bridgehead atoms. The number of rotatable bonds is 4. The topological polar surface area (TPSA) is 90.2 Å². The molecule has 1 aromatic rings. The summed E-state index contributed by atoms with van der Waals surface area (Å²) < 4.78 is 27.7. The number of benzene rings is 1. The van der Waals surface area contributed by atoms with Gasteiger partial charge in [-0.05, 0) is 31.0 Å². The van der Waals surface area contributed by atoms with Crippen LogP contribution >= 0.6 is 11.6 Å². The molecule has 0 spiro atoms. The fraction of sp³-hybridized carbons (Fsp3) is 0.500. The van der Waals surface area contributed by atoms with E-state index in [4.69, 9.17) is 16.9 Å². The molecule has 114 valence electrons. The van der Waals surface area contributed by atoms with Crippen molar-refractivity contribution in [2.45, 2.75) is 42.5 Å². The predicted octanol–water partition coefficient (Wildman–Crippen LogP) is 2.19. The molecule has 21 heavy (non-hydrogen) atoms. The van der Waals surface area contributed by atoms with Crippen molar-refractivity contribution in [1.82, 2.24) is 4.72 Å². The normalized spacial score (nSPS) is 18.1. The minimum atomic E-state index is -3.91. The Bertz CT molecular complexity index is 661. The highest BCUT2D eigenvalue weighted by Gasteiger charge is 2.36. The standard InChI is InChI=1S/C14H17ClN2O3S/c15-12-5-4-11(9-16)13(8-12)21(19,20)17-14(10-18)6-2-1-3-7-14/h4-5,8,17-18H,1-3,6-7,10H2. The van der Waals surface area contributed by atoms with Crippen molar-refractivity contribution >= 4 is 21.6 Å². The van der Waals surface area contributed by atoms with Crippen LogP contribution in [0.2, 0.25) is 5.02 Å². The number of halogens is 1. The Morgan fingerprint density at radius 2 is 2.00 bits per heavy atom. The van der Waals surface area contributed by atoms with E-state index >= 15 is 0 Å². The van der Waals surface area contributed by atoms with E-state index in [1.165, 1.54) is 18.2 Å². The number of nitrogens with zero attached hydrogens (tertiary/aromatic N) is 1. The summed E-state index contributed by atoms with van der Waals surface area (Å²) in [7, 11) is -3.91. The minimum absolute atomic E-state index is 0.0378. The van der Waals surface area contributed by atoms with E-state index in [1.54, 1.807) is 0 Å². The first-order valence-corrected chi connectivity index (χ1v) is 8.63. The lowest BCUT2D eigenvalue weighted by Gasteiger charge is -2.36. The molecule has 7 heteroatoms. The summed E-state index contributed by atoms with van der Waals surface area (Å²) in [6.07, 6.45) is 3.94. The van der Waals surface area contributed by atoms with Gasteiger partial charge in [-0.1, -0.05) is 30.9 Å². The first-order chi connectivity index (χ1) is 9.92. The lowest BCUT2D eigenvalue weighted by molar-refractivity contribution is 0.142. The van der Waals surface area contributed by atoms with Crippen LogP contribution in [-0.4, -0.2) is 25.7 Å². The number of aliphatic hydroxyl groups is 1. The molecular formula is C14H17ClN2O3S. The van der Waals surface area contributed by atoms with Crippen molar-refractivity contribution in [3.05, 3.63) is 28.8 Å². The first-order valence-electron chi connectivity index (χ1n) is 6.77. The van der Waals surface area contributed by atoms with Gasteiger partial charge >= 0.3 is 0 Å². The Morgan fingerprint density at radius 3 is 2.57 bits per heavy atom. The van der Waals surface area contributed by atoms with Gasteiger partial charge in [0.05, 0.1) is 17.7 Å². The average molecular weight is 329 g/mol. The molecule has 2 N–H and O–H groups in total. The predicted molar refractivity (Wildman–Crippen MR) is 79.4 cm³/mol. The van der Waals surface area contributed by atoms with Crippen LogP contribution < -0.4 is 4.72 Å². The zero-order chi connectivity index (χ0) is 15.5. The fourth-order valence-electron chi connectivity index (χ4n) is 2.67. The van der Waals surface area contributed by atoms with Crippen LogP contribution in [0.3, 0.4) is 0 Å². The van der Waals surface area contributed by atoms with Gasteiger partial charge in [-0.15, -0.1) is 0 Å². The van der Waals surface area contributed by atoms with Crippen LogP contribution in [0.25, 0.3) is 0 Å². The quantitative estimate of drug-likeness (QED) is 0.886. The Hall–Kier alpha value is -1.13. The summed E-state index contributed by atoms with van der Waals surface area (Å²) in [5.41, 5.74) is -0.803. The van der Waals surface area contributed by atoms with Gasteiger partial charge in [0.15, 0.2) is 0 Å². The van der Waals surface area contributed by atoms with Crippen LogP contribution in [0.1, 0.15) is 37.7 Å². The zero-order valence-electron chi connectivity index (χ0n) is 11.5. The molecule has 0 amide bonds. The number of sulfonamides is 1. The third kappa shape index (κ3) is 3.55. The lowest BCUT2D eigenvalue weighted by atomic mass is 9.83. The van der Waals surface area contributed by atoms with Crippen molar-refractivity contribution < 1.29 is 13.5 Å². The van der Waals surface area contributed by atoms with Crippen molar-refractivity contribution in [1.29, 1.82) is 5.26 Å². The molecule has 1 aromatic carbocycles. The molecule has 1 aliphatic carbocycles. The van der Waals surface area contributed by atoms with Crippen molar-refractivity contribution in [3.8, 4) is 6.07 Å². The second-order valence-corrected chi connectivity index (χ2v) is 7.44. The number of aliphatic hydroxyl groups excluding tert-OH is 1. The van der Waals surface area contributed by atoms with Gasteiger partial charge in [0, 0.05) is 5.02 Å². The van der Waals surface area contributed by atoms with Crippen LogP contribution in [0, 0.1) is 11.3 Å². The molecule has 0 aromatic heterocycles. The van der Waals surface area contributed by atoms with E-state index in [0.29, 0.717) is 12.8 Å². The summed E-state index contributed by atoms with van der Waals surface area (Å²) in [6, 6.07) is 5.97. The molecule has 0 unspecified atom stereocenters. The number of nitrogens with one attached hydrogen (secondary N) is 1. The van der Waals surface area contributed by atoms with Gasteiger partial charge in [-0.25, -0.2) is 13.1 Å². The molecular weight excluding hydrogens is 312 g/mol. The van der Waals surface area contributed by atoms with Gasteiger partial charge in [0.25, 0.3) is 0 Å². The number of hydrogen-bond donors (Lipinski definition) is 2. The maximum Gasteiger partial charge on any atom is 0.242 e. The summed E-state index contributed by atoms with van der Waals surface area (Å²) >= 11 is 5.84. The van der Waals surface area contributed by atoms with Gasteiger partial charge in [0.2, 0.25) is 10.0 Å². The third-order valence-corrected chi connectivity index (χ3v) is 5.67. The largest absolute Gasteiger partial charge is 0.394 e. The average Bonchev–Trinajstić information content (AvgIpc) is 2.47. The summed E-state index contributed by atoms with van der Waals surface area (Å²) in [5.74, 6) is 0. The molecule has 1 aliphatic rings. The second kappa shape index (κ2) is 6.32. The maximum absolute atomic E-state index is 12.6. The van der Waals surface area contributed by atoms with E-state index < -0.39 is 15.6 Å². The molecule has 5 nitrogen and oxygen atoms in total.